The summed E-state index contributed by atoms with van der Waals surface area (Å²) in [5.74, 6) is -0.281. The van der Waals surface area contributed by atoms with Crippen LogP contribution in [0.15, 0.2) is 36.7 Å². The third kappa shape index (κ3) is 4.80. The van der Waals surface area contributed by atoms with E-state index in [2.05, 4.69) is 37.7 Å². The van der Waals surface area contributed by atoms with Crippen molar-refractivity contribution in [2.45, 2.75) is 50.4 Å². The SMILES string of the molecule is CCNC(=O)C(O)[C@H]1O[C@@H](n2cnc3c(N)nc(NCCCc4ccccc4)nc32)[C@H](O)[C@@H]1O. The van der Waals surface area contributed by atoms with E-state index in [1.165, 1.54) is 16.5 Å². The number of nitrogens with two attached hydrogens (primary N) is 1. The van der Waals surface area contributed by atoms with Crippen LogP contribution in [0.4, 0.5) is 11.8 Å². The van der Waals surface area contributed by atoms with Crippen LogP contribution in [0.1, 0.15) is 25.1 Å². The van der Waals surface area contributed by atoms with Gasteiger partial charge in [-0.25, -0.2) is 4.98 Å². The minimum absolute atomic E-state index is 0.140. The maximum absolute atomic E-state index is 12.0. The Morgan fingerprint density at radius 3 is 2.74 bits per heavy atom. The number of aliphatic hydroxyl groups excluding tert-OH is 3. The van der Waals surface area contributed by atoms with E-state index in [0.29, 0.717) is 18.6 Å². The van der Waals surface area contributed by atoms with Crippen molar-refractivity contribution in [3.63, 3.8) is 0 Å². The average Bonchev–Trinajstić information content (AvgIpc) is 3.38. The molecule has 0 bridgehead atoms. The molecule has 1 saturated heterocycles. The maximum atomic E-state index is 12.0. The molecule has 5 atom stereocenters. The van der Waals surface area contributed by atoms with Crippen LogP contribution >= 0.6 is 0 Å². The second kappa shape index (κ2) is 10.3. The second-order valence-corrected chi connectivity index (χ2v) is 8.08. The summed E-state index contributed by atoms with van der Waals surface area (Å²) in [7, 11) is 0. The van der Waals surface area contributed by atoms with Crippen LogP contribution in [0.3, 0.4) is 0 Å². The van der Waals surface area contributed by atoms with Gasteiger partial charge in [0, 0.05) is 13.1 Å². The number of imidazole rings is 1. The lowest BCUT2D eigenvalue weighted by Crippen LogP contribution is -2.47. The molecule has 1 aliphatic rings. The minimum atomic E-state index is -1.66. The van der Waals surface area contributed by atoms with Crippen molar-refractivity contribution in [2.75, 3.05) is 24.1 Å². The summed E-state index contributed by atoms with van der Waals surface area (Å²) in [6, 6.07) is 10.1. The lowest BCUT2D eigenvalue weighted by Gasteiger charge is -2.20. The molecule has 0 saturated carbocycles. The molecule has 0 aliphatic carbocycles. The monoisotopic (exact) mass is 471 g/mol. The zero-order valence-electron chi connectivity index (χ0n) is 18.7. The number of fused-ring (bicyclic) bond motifs is 1. The lowest BCUT2D eigenvalue weighted by molar-refractivity contribution is -0.143. The standard InChI is InChI=1S/C22H29N7O5/c1-2-24-20(33)16(32)17-14(30)15(31)21(34-17)29-11-26-13-18(23)27-22(28-19(13)29)25-10-6-9-12-7-4-3-5-8-12/h3-5,7-8,11,14-17,21,30-32H,2,6,9-10H2,1H3,(H,24,33)(H3,23,25,27,28)/t14-,15+,16?,17-,21+/m0/s1. The third-order valence-corrected chi connectivity index (χ3v) is 5.70. The van der Waals surface area contributed by atoms with Crippen molar-refractivity contribution in [3.05, 3.63) is 42.2 Å². The van der Waals surface area contributed by atoms with Crippen molar-refractivity contribution in [1.82, 2.24) is 24.8 Å². The van der Waals surface area contributed by atoms with Gasteiger partial charge in [0.05, 0.1) is 6.33 Å². The van der Waals surface area contributed by atoms with Crippen molar-refractivity contribution in [3.8, 4) is 0 Å². The van der Waals surface area contributed by atoms with Crippen molar-refractivity contribution in [2.24, 2.45) is 0 Å². The van der Waals surface area contributed by atoms with Gasteiger partial charge in [0.2, 0.25) is 5.95 Å². The molecule has 4 rings (SSSR count). The molecule has 7 N–H and O–H groups in total. The number of nitrogens with one attached hydrogen (secondary N) is 2. The fourth-order valence-electron chi connectivity index (χ4n) is 3.95. The zero-order chi connectivity index (χ0) is 24.2. The maximum Gasteiger partial charge on any atom is 0.251 e. The van der Waals surface area contributed by atoms with Gasteiger partial charge in [0.25, 0.3) is 5.91 Å². The van der Waals surface area contributed by atoms with Crippen molar-refractivity contribution < 1.29 is 24.9 Å². The highest BCUT2D eigenvalue weighted by Gasteiger charge is 2.49. The van der Waals surface area contributed by atoms with E-state index in [9.17, 15) is 20.1 Å². The quantitative estimate of drug-likeness (QED) is 0.224. The molecule has 12 nitrogen and oxygen atoms in total. The van der Waals surface area contributed by atoms with E-state index in [1.807, 2.05) is 18.2 Å². The van der Waals surface area contributed by atoms with Gasteiger partial charge in [-0.15, -0.1) is 0 Å². The highest BCUT2D eigenvalue weighted by atomic mass is 16.6. The number of carbonyl (C=O) groups is 1. The predicted octanol–water partition coefficient (Wildman–Crippen LogP) is -0.431. The van der Waals surface area contributed by atoms with Crippen LogP contribution in [0.2, 0.25) is 0 Å². The number of nitrogen functional groups attached to an aromatic ring is 1. The number of anilines is 2. The van der Waals surface area contributed by atoms with E-state index in [0.717, 1.165) is 12.8 Å². The third-order valence-electron chi connectivity index (χ3n) is 5.70. The number of rotatable bonds is 9. The van der Waals surface area contributed by atoms with Crippen LogP contribution in [0.5, 0.6) is 0 Å². The number of hydrogen-bond acceptors (Lipinski definition) is 10. The molecule has 12 heteroatoms. The lowest BCUT2D eigenvalue weighted by atomic mass is 10.1. The van der Waals surface area contributed by atoms with E-state index in [1.54, 1.807) is 6.92 Å². The normalized spacial score (nSPS) is 23.2. The average molecular weight is 472 g/mol. The molecule has 1 amide bonds. The Kier molecular flexibility index (Phi) is 7.22. The molecule has 0 radical (unpaired) electrons. The first-order chi connectivity index (χ1) is 16.4. The summed E-state index contributed by atoms with van der Waals surface area (Å²) in [5.41, 5.74) is 7.87. The summed E-state index contributed by atoms with van der Waals surface area (Å²) in [6.07, 6.45) is -3.99. The highest BCUT2D eigenvalue weighted by molar-refractivity contribution is 5.83. The number of benzene rings is 1. The van der Waals surface area contributed by atoms with Crippen LogP contribution in [0, 0.1) is 0 Å². The van der Waals surface area contributed by atoms with E-state index >= 15 is 0 Å². The summed E-state index contributed by atoms with van der Waals surface area (Å²) >= 11 is 0. The number of aliphatic hydroxyl groups is 3. The van der Waals surface area contributed by atoms with Crippen LogP contribution < -0.4 is 16.4 Å². The largest absolute Gasteiger partial charge is 0.387 e. The Bertz CT molecular complexity index is 1130. The van der Waals surface area contributed by atoms with Gasteiger partial charge in [0.1, 0.15) is 23.8 Å². The summed E-state index contributed by atoms with van der Waals surface area (Å²) in [5, 5.41) is 36.9. The Balaban J connectivity index is 1.49. The van der Waals surface area contributed by atoms with E-state index in [4.69, 9.17) is 10.5 Å². The van der Waals surface area contributed by atoms with Crippen molar-refractivity contribution in [1.29, 1.82) is 0 Å². The topological polar surface area (TPSA) is 181 Å². The van der Waals surface area contributed by atoms with Gasteiger partial charge in [-0.05, 0) is 25.3 Å². The van der Waals surface area contributed by atoms with Gasteiger partial charge in [-0.1, -0.05) is 30.3 Å². The van der Waals surface area contributed by atoms with Crippen molar-refractivity contribution >= 4 is 28.8 Å². The first kappa shape index (κ1) is 23.8. The molecule has 3 aromatic rings. The Morgan fingerprint density at radius 1 is 1.24 bits per heavy atom. The molecule has 1 aromatic carbocycles. The molecular formula is C22H29N7O5. The fourth-order valence-corrected chi connectivity index (χ4v) is 3.95. The second-order valence-electron chi connectivity index (χ2n) is 8.08. The van der Waals surface area contributed by atoms with Gasteiger partial charge >= 0.3 is 0 Å². The van der Waals surface area contributed by atoms with Crippen LogP contribution in [0.25, 0.3) is 11.2 Å². The molecule has 2 aromatic heterocycles. The Morgan fingerprint density at radius 2 is 2.00 bits per heavy atom. The zero-order valence-corrected chi connectivity index (χ0v) is 18.7. The number of aromatic nitrogens is 4. The number of nitrogens with zero attached hydrogens (tertiary/aromatic N) is 4. The number of amides is 1. The molecular weight excluding hydrogens is 442 g/mol. The fraction of sp³-hybridized carbons (Fsp3) is 0.455. The smallest absolute Gasteiger partial charge is 0.251 e. The molecule has 34 heavy (non-hydrogen) atoms. The van der Waals surface area contributed by atoms with Gasteiger partial charge in [0.15, 0.2) is 23.8 Å². The molecule has 0 spiro atoms. The molecule has 1 fully saturated rings. The Hall–Kier alpha value is -3.32. The summed E-state index contributed by atoms with van der Waals surface area (Å²) < 4.78 is 7.09. The minimum Gasteiger partial charge on any atom is -0.387 e. The van der Waals surface area contributed by atoms with Gasteiger partial charge in [-0.2, -0.15) is 9.97 Å². The summed E-state index contributed by atoms with van der Waals surface area (Å²) in [4.78, 5) is 24.9. The van der Waals surface area contributed by atoms with Crippen LogP contribution in [-0.4, -0.2) is 78.3 Å². The molecule has 1 unspecified atom stereocenters. The van der Waals surface area contributed by atoms with E-state index < -0.39 is 36.6 Å². The molecule has 3 heterocycles. The molecule has 182 valence electrons. The number of carbonyl (C=O) groups excluding carboxylic acids is 1. The van der Waals surface area contributed by atoms with Gasteiger partial charge < -0.3 is 36.4 Å². The van der Waals surface area contributed by atoms with Gasteiger partial charge in [-0.3, -0.25) is 9.36 Å². The number of hydrogen-bond donors (Lipinski definition) is 6. The number of aryl methyl sites for hydroxylation is 1. The first-order valence-electron chi connectivity index (χ1n) is 11.2. The van der Waals surface area contributed by atoms with E-state index in [-0.39, 0.29) is 17.4 Å². The molecule has 1 aliphatic heterocycles. The summed E-state index contributed by atoms with van der Waals surface area (Å²) in [6.45, 7) is 2.60. The Labute approximate surface area is 195 Å². The highest BCUT2D eigenvalue weighted by Crippen LogP contribution is 2.33. The predicted molar refractivity (Wildman–Crippen MR) is 124 cm³/mol. The number of ether oxygens (including phenoxy) is 1. The van der Waals surface area contributed by atoms with Crippen LogP contribution in [-0.2, 0) is 16.0 Å². The first-order valence-corrected chi connectivity index (χ1v) is 11.2. The number of likely N-dealkylation sites (N-methyl/N-ethyl adjacent to an activating group) is 1.